The highest BCUT2D eigenvalue weighted by atomic mass is 16.5. The zero-order valence-corrected chi connectivity index (χ0v) is 7.36. The average molecular weight is 188 g/mol. The van der Waals surface area contributed by atoms with Crippen molar-refractivity contribution in [1.82, 2.24) is 5.32 Å². The number of carbonyl (C=O) groups excluding carboxylic acids is 1. The zero-order valence-electron chi connectivity index (χ0n) is 7.36. The maximum absolute atomic E-state index is 11.4. The molecule has 1 aromatic carbocycles. The summed E-state index contributed by atoms with van der Waals surface area (Å²) in [5.74, 6) is 0.0638. The quantitative estimate of drug-likeness (QED) is 0.522. The van der Waals surface area contributed by atoms with Gasteiger partial charge in [-0.1, -0.05) is 18.2 Å². The van der Waals surface area contributed by atoms with Gasteiger partial charge in [0.2, 0.25) is 5.91 Å². The SMILES string of the molecule is N#CNC(=O)C1COc2ccccc21. The molecular formula is C10H8N2O2. The van der Waals surface area contributed by atoms with E-state index >= 15 is 0 Å². The molecular weight excluding hydrogens is 180 g/mol. The van der Waals surface area contributed by atoms with Crippen LogP contribution in [0.5, 0.6) is 5.75 Å². The van der Waals surface area contributed by atoms with Crippen LogP contribution < -0.4 is 10.1 Å². The Morgan fingerprint density at radius 1 is 1.57 bits per heavy atom. The Labute approximate surface area is 81.1 Å². The van der Waals surface area contributed by atoms with Crippen LogP contribution in [0.15, 0.2) is 24.3 Å². The summed E-state index contributed by atoms with van der Waals surface area (Å²) in [5, 5.41) is 10.4. The normalized spacial score (nSPS) is 17.8. The van der Waals surface area contributed by atoms with Gasteiger partial charge in [-0.05, 0) is 6.07 Å². The van der Waals surface area contributed by atoms with Gasteiger partial charge in [-0.15, -0.1) is 0 Å². The third-order valence-electron chi connectivity index (χ3n) is 2.20. The highest BCUT2D eigenvalue weighted by Gasteiger charge is 2.29. The van der Waals surface area contributed by atoms with Gasteiger partial charge >= 0.3 is 0 Å². The van der Waals surface area contributed by atoms with Crippen LogP contribution in [0.4, 0.5) is 0 Å². The third-order valence-corrected chi connectivity index (χ3v) is 2.20. The molecule has 1 heterocycles. The maximum Gasteiger partial charge on any atom is 0.244 e. The number of benzene rings is 1. The first kappa shape index (κ1) is 8.57. The Morgan fingerprint density at radius 2 is 2.36 bits per heavy atom. The van der Waals surface area contributed by atoms with Crippen molar-refractivity contribution in [1.29, 1.82) is 5.26 Å². The molecule has 0 saturated heterocycles. The minimum absolute atomic E-state index is 0.308. The number of hydrogen-bond donors (Lipinski definition) is 1. The van der Waals surface area contributed by atoms with E-state index in [1.165, 1.54) is 0 Å². The molecule has 1 amide bonds. The van der Waals surface area contributed by atoms with Crippen molar-refractivity contribution in [2.75, 3.05) is 6.61 Å². The molecule has 0 spiro atoms. The molecule has 1 aliphatic rings. The van der Waals surface area contributed by atoms with Crippen LogP contribution in [-0.4, -0.2) is 12.5 Å². The summed E-state index contributed by atoms with van der Waals surface area (Å²) in [6, 6.07) is 7.35. The smallest absolute Gasteiger partial charge is 0.244 e. The van der Waals surface area contributed by atoms with Crippen molar-refractivity contribution in [2.24, 2.45) is 0 Å². The van der Waals surface area contributed by atoms with Crippen LogP contribution in [-0.2, 0) is 4.79 Å². The topological polar surface area (TPSA) is 62.1 Å². The monoisotopic (exact) mass is 188 g/mol. The van der Waals surface area contributed by atoms with E-state index in [0.717, 1.165) is 11.3 Å². The molecule has 4 nitrogen and oxygen atoms in total. The highest BCUT2D eigenvalue weighted by molar-refractivity contribution is 5.86. The third kappa shape index (κ3) is 1.29. The summed E-state index contributed by atoms with van der Waals surface area (Å²) in [5.41, 5.74) is 0.847. The highest BCUT2D eigenvalue weighted by Crippen LogP contribution is 2.33. The van der Waals surface area contributed by atoms with Crippen molar-refractivity contribution in [3.8, 4) is 11.9 Å². The summed E-state index contributed by atoms with van der Waals surface area (Å²) < 4.78 is 5.31. The van der Waals surface area contributed by atoms with Crippen molar-refractivity contribution < 1.29 is 9.53 Å². The number of carbonyl (C=O) groups is 1. The second-order valence-electron chi connectivity index (χ2n) is 3.00. The van der Waals surface area contributed by atoms with Crippen LogP contribution >= 0.6 is 0 Å². The molecule has 1 N–H and O–H groups in total. The number of nitrogens with one attached hydrogen (secondary N) is 1. The average Bonchev–Trinajstić information content (AvgIpc) is 2.61. The lowest BCUT2D eigenvalue weighted by atomic mass is 10.0. The van der Waals surface area contributed by atoms with E-state index in [1.54, 1.807) is 6.19 Å². The predicted molar refractivity (Wildman–Crippen MR) is 48.4 cm³/mol. The number of rotatable bonds is 1. The molecule has 1 aliphatic heterocycles. The number of nitriles is 1. The van der Waals surface area contributed by atoms with E-state index in [-0.39, 0.29) is 11.8 Å². The van der Waals surface area contributed by atoms with E-state index in [1.807, 2.05) is 24.3 Å². The molecule has 0 fully saturated rings. The van der Waals surface area contributed by atoms with Gasteiger partial charge in [0.05, 0.1) is 0 Å². The molecule has 0 saturated carbocycles. The fourth-order valence-electron chi connectivity index (χ4n) is 1.52. The van der Waals surface area contributed by atoms with Gasteiger partial charge in [-0.25, -0.2) is 0 Å². The van der Waals surface area contributed by atoms with E-state index in [2.05, 4.69) is 5.32 Å². The first-order valence-electron chi connectivity index (χ1n) is 4.23. The fraction of sp³-hybridized carbons (Fsp3) is 0.200. The van der Waals surface area contributed by atoms with Gasteiger partial charge < -0.3 is 4.74 Å². The van der Waals surface area contributed by atoms with Gasteiger partial charge in [0, 0.05) is 5.56 Å². The molecule has 0 aromatic heterocycles. The first-order chi connectivity index (χ1) is 6.83. The lowest BCUT2D eigenvalue weighted by molar-refractivity contribution is -0.121. The molecule has 4 heteroatoms. The molecule has 1 unspecified atom stereocenters. The second kappa shape index (κ2) is 3.38. The molecule has 0 aliphatic carbocycles. The lowest BCUT2D eigenvalue weighted by Gasteiger charge is -2.03. The van der Waals surface area contributed by atoms with Crippen LogP contribution in [0.1, 0.15) is 11.5 Å². The van der Waals surface area contributed by atoms with Crippen LogP contribution in [0.25, 0.3) is 0 Å². The van der Waals surface area contributed by atoms with Crippen molar-refractivity contribution in [3.63, 3.8) is 0 Å². The fourth-order valence-corrected chi connectivity index (χ4v) is 1.52. The van der Waals surface area contributed by atoms with E-state index in [4.69, 9.17) is 10.00 Å². The van der Waals surface area contributed by atoms with Crippen molar-refractivity contribution in [2.45, 2.75) is 5.92 Å². The van der Waals surface area contributed by atoms with Gasteiger partial charge in [-0.2, -0.15) is 5.26 Å². The van der Waals surface area contributed by atoms with E-state index in [9.17, 15) is 4.79 Å². The molecule has 1 aromatic rings. The number of amides is 1. The van der Waals surface area contributed by atoms with Crippen LogP contribution in [0, 0.1) is 11.5 Å². The summed E-state index contributed by atoms with van der Waals surface area (Å²) in [7, 11) is 0. The molecule has 1 atom stereocenters. The molecule has 0 bridgehead atoms. The van der Waals surface area contributed by atoms with Gasteiger partial charge in [-0.3, -0.25) is 10.1 Å². The van der Waals surface area contributed by atoms with E-state index in [0.29, 0.717) is 6.61 Å². The number of nitrogens with zero attached hydrogens (tertiary/aromatic N) is 1. The Balaban J connectivity index is 2.27. The Hall–Kier alpha value is -2.02. The van der Waals surface area contributed by atoms with Gasteiger partial charge in [0.15, 0.2) is 6.19 Å². The number of hydrogen-bond acceptors (Lipinski definition) is 3. The summed E-state index contributed by atoms with van der Waals surface area (Å²) >= 11 is 0. The second-order valence-corrected chi connectivity index (χ2v) is 3.00. The Morgan fingerprint density at radius 3 is 3.14 bits per heavy atom. The summed E-state index contributed by atoms with van der Waals surface area (Å²) in [6.45, 7) is 0.312. The number of ether oxygens (including phenoxy) is 1. The van der Waals surface area contributed by atoms with Crippen molar-refractivity contribution in [3.05, 3.63) is 29.8 Å². The maximum atomic E-state index is 11.4. The molecule has 2 rings (SSSR count). The van der Waals surface area contributed by atoms with Crippen LogP contribution in [0.2, 0.25) is 0 Å². The van der Waals surface area contributed by atoms with E-state index < -0.39 is 0 Å². The van der Waals surface area contributed by atoms with Gasteiger partial charge in [0.1, 0.15) is 18.3 Å². The zero-order chi connectivity index (χ0) is 9.97. The number of fused-ring (bicyclic) bond motifs is 1. The molecule has 0 radical (unpaired) electrons. The molecule has 70 valence electrons. The van der Waals surface area contributed by atoms with Crippen molar-refractivity contribution >= 4 is 5.91 Å². The first-order valence-corrected chi connectivity index (χ1v) is 4.23. The lowest BCUT2D eigenvalue weighted by Crippen LogP contribution is -2.26. The minimum atomic E-state index is -0.356. The van der Waals surface area contributed by atoms with Gasteiger partial charge in [0.25, 0.3) is 0 Å². The Kier molecular flexibility index (Phi) is 2.07. The number of para-hydroxylation sites is 1. The molecule has 14 heavy (non-hydrogen) atoms. The predicted octanol–water partition coefficient (Wildman–Crippen LogP) is 0.760. The largest absolute Gasteiger partial charge is 0.492 e. The Bertz CT molecular complexity index is 409. The van der Waals surface area contributed by atoms with Crippen LogP contribution in [0.3, 0.4) is 0 Å². The standard InChI is InChI=1S/C10H8N2O2/c11-6-12-10(13)8-5-14-9-4-2-1-3-7(8)9/h1-4,8H,5H2,(H,12,13). The summed E-state index contributed by atoms with van der Waals surface area (Å²) in [4.78, 5) is 11.4. The minimum Gasteiger partial charge on any atom is -0.492 e. The summed E-state index contributed by atoms with van der Waals surface area (Å²) in [6.07, 6.45) is 1.62.